The van der Waals surface area contributed by atoms with Crippen molar-refractivity contribution in [1.82, 2.24) is 0 Å². The molecule has 0 aliphatic rings. The molecule has 0 N–H and O–H groups in total. The summed E-state index contributed by atoms with van der Waals surface area (Å²) < 4.78 is 16.6. The Morgan fingerprint density at radius 1 is 0.388 bits per heavy atom. The minimum absolute atomic E-state index is 0.0649. The molecule has 0 amide bonds. The van der Waals surface area contributed by atoms with Gasteiger partial charge in [-0.25, -0.2) is 0 Å². The van der Waals surface area contributed by atoms with E-state index in [0.29, 0.717) is 19.3 Å². The summed E-state index contributed by atoms with van der Waals surface area (Å²) in [7, 11) is 0. The van der Waals surface area contributed by atoms with E-state index in [1.54, 1.807) is 0 Å². The fourth-order valence-electron chi connectivity index (χ4n) is 6.27. The smallest absolute Gasteiger partial charge is 0.306 e. The third-order valence-electron chi connectivity index (χ3n) is 9.54. The third kappa shape index (κ3) is 37.5. The Labute approximate surface area is 304 Å². The summed E-state index contributed by atoms with van der Waals surface area (Å²) >= 11 is 0. The highest BCUT2D eigenvalue weighted by molar-refractivity contribution is 5.71. The standard InChI is InChI=1S/C43H82O6/c1-5-7-9-11-13-14-15-16-17-18-23-27-31-35-42(45)48-38-40(37-47-41(44)34-30-26-21-12-10-8-6-2)49-43(46)36-32-28-24-20-19-22-25-29-33-39(3)4/h39-40H,5-38H2,1-4H3/t40-/m0/s1. The molecular formula is C43H82O6. The quantitative estimate of drug-likeness (QED) is 0.0364. The van der Waals surface area contributed by atoms with Gasteiger partial charge in [-0.3, -0.25) is 14.4 Å². The van der Waals surface area contributed by atoms with E-state index in [-0.39, 0.29) is 31.1 Å². The van der Waals surface area contributed by atoms with Crippen LogP contribution in [0.15, 0.2) is 0 Å². The molecule has 0 saturated heterocycles. The van der Waals surface area contributed by atoms with Crippen LogP contribution in [0.2, 0.25) is 0 Å². The van der Waals surface area contributed by atoms with E-state index in [0.717, 1.165) is 63.7 Å². The lowest BCUT2D eigenvalue weighted by Gasteiger charge is -2.18. The maximum Gasteiger partial charge on any atom is 0.306 e. The summed E-state index contributed by atoms with van der Waals surface area (Å²) in [6.45, 7) is 8.91. The second-order valence-corrected chi connectivity index (χ2v) is 15.1. The zero-order valence-corrected chi connectivity index (χ0v) is 33.1. The second kappa shape index (κ2) is 37.7. The molecule has 0 aromatic carbocycles. The van der Waals surface area contributed by atoms with Gasteiger partial charge >= 0.3 is 17.9 Å². The Balaban J connectivity index is 4.29. The van der Waals surface area contributed by atoms with Gasteiger partial charge in [0.25, 0.3) is 0 Å². The van der Waals surface area contributed by atoms with Crippen LogP contribution in [-0.4, -0.2) is 37.2 Å². The molecule has 0 spiro atoms. The van der Waals surface area contributed by atoms with Crippen LogP contribution in [-0.2, 0) is 28.6 Å². The predicted molar refractivity (Wildman–Crippen MR) is 206 cm³/mol. The van der Waals surface area contributed by atoms with Crippen molar-refractivity contribution < 1.29 is 28.6 Å². The van der Waals surface area contributed by atoms with Gasteiger partial charge in [-0.05, 0) is 25.2 Å². The van der Waals surface area contributed by atoms with Crippen LogP contribution >= 0.6 is 0 Å². The van der Waals surface area contributed by atoms with E-state index >= 15 is 0 Å². The van der Waals surface area contributed by atoms with Crippen LogP contribution in [0.25, 0.3) is 0 Å². The number of rotatable bonds is 38. The number of unbranched alkanes of at least 4 members (excludes halogenated alkanes) is 25. The third-order valence-corrected chi connectivity index (χ3v) is 9.54. The van der Waals surface area contributed by atoms with Crippen molar-refractivity contribution in [3.63, 3.8) is 0 Å². The molecule has 0 aliphatic carbocycles. The van der Waals surface area contributed by atoms with Crippen LogP contribution in [0.3, 0.4) is 0 Å². The highest BCUT2D eigenvalue weighted by Gasteiger charge is 2.19. The molecule has 0 heterocycles. The molecule has 290 valence electrons. The van der Waals surface area contributed by atoms with Gasteiger partial charge in [0.2, 0.25) is 0 Å². The molecule has 6 nitrogen and oxygen atoms in total. The number of carbonyl (C=O) groups excluding carboxylic acids is 3. The molecule has 0 aromatic heterocycles. The highest BCUT2D eigenvalue weighted by atomic mass is 16.6. The summed E-state index contributed by atoms with van der Waals surface area (Å²) in [4.78, 5) is 37.5. The zero-order valence-electron chi connectivity index (χ0n) is 33.1. The molecule has 6 heteroatoms. The van der Waals surface area contributed by atoms with Crippen molar-refractivity contribution in [1.29, 1.82) is 0 Å². The predicted octanol–water partition coefficient (Wildman–Crippen LogP) is 13.2. The zero-order chi connectivity index (χ0) is 36.0. The number of esters is 3. The van der Waals surface area contributed by atoms with E-state index < -0.39 is 6.10 Å². The number of carbonyl (C=O) groups is 3. The molecule has 0 radical (unpaired) electrons. The Morgan fingerprint density at radius 2 is 0.673 bits per heavy atom. The second-order valence-electron chi connectivity index (χ2n) is 15.1. The van der Waals surface area contributed by atoms with Gasteiger partial charge in [0, 0.05) is 19.3 Å². The highest BCUT2D eigenvalue weighted by Crippen LogP contribution is 2.15. The van der Waals surface area contributed by atoms with Gasteiger partial charge in [-0.15, -0.1) is 0 Å². The lowest BCUT2D eigenvalue weighted by atomic mass is 10.0. The van der Waals surface area contributed by atoms with Gasteiger partial charge in [-0.2, -0.15) is 0 Å². The van der Waals surface area contributed by atoms with Crippen molar-refractivity contribution in [2.24, 2.45) is 5.92 Å². The molecule has 0 fully saturated rings. The minimum Gasteiger partial charge on any atom is -0.462 e. The summed E-state index contributed by atoms with van der Waals surface area (Å²) in [5.74, 6) is -0.0727. The Hall–Kier alpha value is -1.59. The van der Waals surface area contributed by atoms with E-state index in [1.165, 1.54) is 128 Å². The Bertz CT molecular complexity index is 736. The van der Waals surface area contributed by atoms with Crippen molar-refractivity contribution in [3.05, 3.63) is 0 Å². The lowest BCUT2D eigenvalue weighted by Crippen LogP contribution is -2.30. The Morgan fingerprint density at radius 3 is 1.00 bits per heavy atom. The SMILES string of the molecule is CCCCCCCCCCCCCCCC(=O)OC[C@H](COC(=O)CCCCCCCCC)OC(=O)CCCCCCCCCCC(C)C. The number of ether oxygens (including phenoxy) is 3. The molecule has 0 bridgehead atoms. The number of hydrogen-bond acceptors (Lipinski definition) is 6. The van der Waals surface area contributed by atoms with Crippen LogP contribution in [0.1, 0.15) is 233 Å². The summed E-state index contributed by atoms with van der Waals surface area (Å²) in [5.41, 5.74) is 0. The molecule has 49 heavy (non-hydrogen) atoms. The Kier molecular flexibility index (Phi) is 36.4. The number of hydrogen-bond donors (Lipinski definition) is 0. The average molecular weight is 695 g/mol. The fourth-order valence-corrected chi connectivity index (χ4v) is 6.27. The summed E-state index contributed by atoms with van der Waals surface area (Å²) in [6.07, 6.45) is 35.3. The van der Waals surface area contributed by atoms with Crippen molar-refractivity contribution in [2.45, 2.75) is 239 Å². The fraction of sp³-hybridized carbons (Fsp3) is 0.930. The van der Waals surface area contributed by atoms with Gasteiger partial charge in [-0.1, -0.05) is 195 Å². The van der Waals surface area contributed by atoms with Crippen LogP contribution in [0, 0.1) is 5.92 Å². The van der Waals surface area contributed by atoms with Gasteiger partial charge in [0.05, 0.1) is 0 Å². The summed E-state index contributed by atoms with van der Waals surface area (Å²) in [6, 6.07) is 0. The maximum atomic E-state index is 12.6. The van der Waals surface area contributed by atoms with Crippen LogP contribution in [0.4, 0.5) is 0 Å². The normalized spacial score (nSPS) is 11.9. The topological polar surface area (TPSA) is 78.9 Å². The van der Waals surface area contributed by atoms with Gasteiger partial charge in [0.1, 0.15) is 13.2 Å². The minimum atomic E-state index is -0.757. The summed E-state index contributed by atoms with van der Waals surface area (Å²) in [5, 5.41) is 0. The van der Waals surface area contributed by atoms with Crippen molar-refractivity contribution in [3.8, 4) is 0 Å². The monoisotopic (exact) mass is 695 g/mol. The molecule has 0 aromatic rings. The first kappa shape index (κ1) is 47.4. The van der Waals surface area contributed by atoms with E-state index in [4.69, 9.17) is 14.2 Å². The first-order chi connectivity index (χ1) is 23.9. The van der Waals surface area contributed by atoms with Crippen LogP contribution < -0.4 is 0 Å². The first-order valence-electron chi connectivity index (χ1n) is 21.4. The maximum absolute atomic E-state index is 12.6. The lowest BCUT2D eigenvalue weighted by molar-refractivity contribution is -0.167. The average Bonchev–Trinajstić information content (AvgIpc) is 3.08. The first-order valence-corrected chi connectivity index (χ1v) is 21.4. The van der Waals surface area contributed by atoms with E-state index in [1.807, 2.05) is 0 Å². The van der Waals surface area contributed by atoms with E-state index in [2.05, 4.69) is 27.7 Å². The molecule has 0 rings (SSSR count). The van der Waals surface area contributed by atoms with Crippen molar-refractivity contribution in [2.75, 3.05) is 13.2 Å². The van der Waals surface area contributed by atoms with Gasteiger partial charge < -0.3 is 14.2 Å². The largest absolute Gasteiger partial charge is 0.462 e. The van der Waals surface area contributed by atoms with E-state index in [9.17, 15) is 14.4 Å². The van der Waals surface area contributed by atoms with Crippen molar-refractivity contribution >= 4 is 17.9 Å². The molecule has 0 aliphatic heterocycles. The van der Waals surface area contributed by atoms with Gasteiger partial charge in [0.15, 0.2) is 6.10 Å². The molecule has 0 saturated carbocycles. The molecular weight excluding hydrogens is 612 g/mol. The molecule has 0 unspecified atom stereocenters. The molecule has 1 atom stereocenters. The van der Waals surface area contributed by atoms with Crippen LogP contribution in [0.5, 0.6) is 0 Å².